The lowest BCUT2D eigenvalue weighted by atomic mass is 9.95. The molecule has 1 saturated carbocycles. The number of nitrogens with zero attached hydrogens (tertiary/aromatic N) is 1. The van der Waals surface area contributed by atoms with Gasteiger partial charge >= 0.3 is 0 Å². The molecule has 100 valence electrons. The highest BCUT2D eigenvalue weighted by atomic mass is 16.5. The van der Waals surface area contributed by atoms with Gasteiger partial charge in [-0.2, -0.15) is 4.58 Å². The SMILES string of the molecule is CC1=[N+](C2CCCCC2)COC(c2ccccc2)=C1. The van der Waals surface area contributed by atoms with Gasteiger partial charge in [-0.3, -0.25) is 0 Å². The summed E-state index contributed by atoms with van der Waals surface area (Å²) in [6, 6.07) is 11.1. The van der Waals surface area contributed by atoms with Gasteiger partial charge < -0.3 is 4.74 Å². The van der Waals surface area contributed by atoms with Crippen molar-refractivity contribution in [2.45, 2.75) is 45.1 Å². The molecule has 1 aliphatic carbocycles. The highest BCUT2D eigenvalue weighted by molar-refractivity contribution is 5.95. The van der Waals surface area contributed by atoms with E-state index >= 15 is 0 Å². The van der Waals surface area contributed by atoms with E-state index in [1.165, 1.54) is 43.4 Å². The van der Waals surface area contributed by atoms with Crippen molar-refractivity contribution in [3.05, 3.63) is 42.0 Å². The Bertz CT molecular complexity index is 495. The summed E-state index contributed by atoms with van der Waals surface area (Å²) >= 11 is 0. The van der Waals surface area contributed by atoms with Gasteiger partial charge in [-0.1, -0.05) is 36.8 Å². The largest absolute Gasteiger partial charge is 0.435 e. The third kappa shape index (κ3) is 2.73. The molecule has 0 radical (unpaired) electrons. The topological polar surface area (TPSA) is 12.2 Å². The van der Waals surface area contributed by atoms with Gasteiger partial charge in [0, 0.05) is 31.4 Å². The molecule has 19 heavy (non-hydrogen) atoms. The predicted octanol–water partition coefficient (Wildman–Crippen LogP) is 3.82. The van der Waals surface area contributed by atoms with Crippen LogP contribution in [0.3, 0.4) is 0 Å². The molecule has 0 amide bonds. The Morgan fingerprint density at radius 1 is 1.05 bits per heavy atom. The average molecular weight is 256 g/mol. The quantitative estimate of drug-likeness (QED) is 0.733. The monoisotopic (exact) mass is 256 g/mol. The van der Waals surface area contributed by atoms with Crippen LogP contribution in [0.5, 0.6) is 0 Å². The van der Waals surface area contributed by atoms with Crippen LogP contribution >= 0.6 is 0 Å². The van der Waals surface area contributed by atoms with Crippen LogP contribution in [-0.2, 0) is 4.74 Å². The van der Waals surface area contributed by atoms with Crippen molar-refractivity contribution in [3.8, 4) is 0 Å². The summed E-state index contributed by atoms with van der Waals surface area (Å²) < 4.78 is 8.40. The van der Waals surface area contributed by atoms with Crippen molar-refractivity contribution in [2.24, 2.45) is 0 Å². The van der Waals surface area contributed by atoms with Crippen LogP contribution in [-0.4, -0.2) is 23.1 Å². The number of rotatable bonds is 2. The lowest BCUT2D eigenvalue weighted by molar-refractivity contribution is -0.601. The zero-order valence-electron chi connectivity index (χ0n) is 11.6. The molecule has 1 aliphatic heterocycles. The van der Waals surface area contributed by atoms with E-state index in [2.05, 4.69) is 41.8 Å². The fourth-order valence-corrected chi connectivity index (χ4v) is 3.11. The van der Waals surface area contributed by atoms with E-state index in [9.17, 15) is 0 Å². The molecule has 3 rings (SSSR count). The number of allylic oxidation sites excluding steroid dienone is 1. The van der Waals surface area contributed by atoms with Gasteiger partial charge in [0.1, 0.15) is 5.76 Å². The Morgan fingerprint density at radius 3 is 2.47 bits per heavy atom. The first-order chi connectivity index (χ1) is 9.34. The Morgan fingerprint density at radius 2 is 1.79 bits per heavy atom. The van der Waals surface area contributed by atoms with Gasteiger partial charge in [-0.05, 0) is 12.8 Å². The first-order valence-electron chi connectivity index (χ1n) is 7.35. The Kier molecular flexibility index (Phi) is 3.67. The van der Waals surface area contributed by atoms with Gasteiger partial charge in [0.25, 0.3) is 6.73 Å². The van der Waals surface area contributed by atoms with Crippen LogP contribution in [0.15, 0.2) is 36.4 Å². The summed E-state index contributed by atoms with van der Waals surface area (Å²) in [5.74, 6) is 1.00. The first kappa shape index (κ1) is 12.5. The fraction of sp³-hybridized carbons (Fsp3) is 0.471. The smallest absolute Gasteiger partial charge is 0.287 e. The molecule has 1 aromatic carbocycles. The van der Waals surface area contributed by atoms with Crippen molar-refractivity contribution < 1.29 is 9.31 Å². The minimum absolute atomic E-state index is 0.683. The zero-order chi connectivity index (χ0) is 13.1. The molecule has 2 aliphatic rings. The first-order valence-corrected chi connectivity index (χ1v) is 7.35. The zero-order valence-corrected chi connectivity index (χ0v) is 11.6. The summed E-state index contributed by atoms with van der Waals surface area (Å²) in [5.41, 5.74) is 2.52. The second-order valence-electron chi connectivity index (χ2n) is 5.55. The van der Waals surface area contributed by atoms with Gasteiger partial charge in [-0.25, -0.2) is 0 Å². The third-order valence-corrected chi connectivity index (χ3v) is 4.23. The van der Waals surface area contributed by atoms with Crippen LogP contribution in [0, 0.1) is 0 Å². The van der Waals surface area contributed by atoms with E-state index in [1.807, 2.05) is 6.07 Å². The molecule has 0 spiro atoms. The van der Waals surface area contributed by atoms with Gasteiger partial charge in [0.2, 0.25) is 0 Å². The highest BCUT2D eigenvalue weighted by Crippen LogP contribution is 2.24. The molecular weight excluding hydrogens is 234 g/mol. The minimum atomic E-state index is 0.683. The van der Waals surface area contributed by atoms with Crippen molar-refractivity contribution in [1.29, 1.82) is 0 Å². The minimum Gasteiger partial charge on any atom is -0.435 e. The van der Waals surface area contributed by atoms with Crippen molar-refractivity contribution >= 4 is 11.5 Å². The van der Waals surface area contributed by atoms with Crippen LogP contribution in [0.2, 0.25) is 0 Å². The van der Waals surface area contributed by atoms with Crippen molar-refractivity contribution in [3.63, 3.8) is 0 Å². The molecule has 0 saturated heterocycles. The highest BCUT2D eigenvalue weighted by Gasteiger charge is 2.28. The molecule has 1 aromatic rings. The summed E-state index contributed by atoms with van der Waals surface area (Å²) in [6.45, 7) is 2.91. The molecule has 1 fully saturated rings. The summed E-state index contributed by atoms with van der Waals surface area (Å²) in [4.78, 5) is 0. The molecule has 0 bridgehead atoms. The lowest BCUT2D eigenvalue weighted by Crippen LogP contribution is -2.35. The molecule has 2 nitrogen and oxygen atoms in total. The summed E-state index contributed by atoms with van der Waals surface area (Å²) in [6.07, 6.45) is 8.95. The number of hydrogen-bond acceptors (Lipinski definition) is 1. The maximum absolute atomic E-state index is 5.97. The van der Waals surface area contributed by atoms with Gasteiger partial charge in [0.15, 0.2) is 11.8 Å². The molecule has 0 aromatic heterocycles. The molecule has 2 heteroatoms. The van der Waals surface area contributed by atoms with Crippen LogP contribution in [0.4, 0.5) is 0 Å². The van der Waals surface area contributed by atoms with Crippen molar-refractivity contribution in [1.82, 2.24) is 0 Å². The van der Waals surface area contributed by atoms with Crippen LogP contribution < -0.4 is 0 Å². The van der Waals surface area contributed by atoms with Crippen LogP contribution in [0.1, 0.15) is 44.6 Å². The van der Waals surface area contributed by atoms with E-state index in [0.717, 1.165) is 5.76 Å². The van der Waals surface area contributed by atoms with E-state index < -0.39 is 0 Å². The molecular formula is C17H22NO+. The van der Waals surface area contributed by atoms with Gasteiger partial charge in [0.05, 0.1) is 0 Å². The van der Waals surface area contributed by atoms with Crippen molar-refractivity contribution in [2.75, 3.05) is 6.73 Å². The summed E-state index contributed by atoms with van der Waals surface area (Å²) in [5, 5.41) is 0. The second-order valence-corrected chi connectivity index (χ2v) is 5.55. The summed E-state index contributed by atoms with van der Waals surface area (Å²) in [7, 11) is 0. The molecule has 1 heterocycles. The second kappa shape index (κ2) is 5.60. The van der Waals surface area contributed by atoms with E-state index in [0.29, 0.717) is 12.8 Å². The van der Waals surface area contributed by atoms with E-state index in [1.54, 1.807) is 0 Å². The normalized spacial score (nSPS) is 21.0. The molecule has 0 unspecified atom stereocenters. The number of ether oxygens (including phenoxy) is 1. The lowest BCUT2D eigenvalue weighted by Gasteiger charge is -2.24. The van der Waals surface area contributed by atoms with E-state index in [-0.39, 0.29) is 0 Å². The molecule has 0 atom stereocenters. The average Bonchev–Trinajstić information content (AvgIpc) is 2.49. The maximum Gasteiger partial charge on any atom is 0.287 e. The van der Waals surface area contributed by atoms with Crippen LogP contribution in [0.25, 0.3) is 5.76 Å². The Hall–Kier alpha value is -1.57. The predicted molar refractivity (Wildman–Crippen MR) is 78.2 cm³/mol. The Labute approximate surface area is 115 Å². The fourth-order valence-electron chi connectivity index (χ4n) is 3.11. The Balaban J connectivity index is 1.83. The molecule has 0 N–H and O–H groups in total. The number of benzene rings is 1. The third-order valence-electron chi connectivity index (χ3n) is 4.23. The number of hydrogen-bond donors (Lipinski definition) is 0. The standard InChI is InChI=1S/C17H22NO/c1-14-12-17(15-8-4-2-5-9-15)19-13-18(14)16-10-6-3-7-11-16/h2,4-5,8-9,12,16H,3,6-7,10-11,13H2,1H3/q+1. The van der Waals surface area contributed by atoms with E-state index in [4.69, 9.17) is 4.74 Å². The maximum atomic E-state index is 5.97. The van der Waals surface area contributed by atoms with Gasteiger partial charge in [-0.15, -0.1) is 0 Å².